The van der Waals surface area contributed by atoms with Gasteiger partial charge >= 0.3 is 0 Å². The third-order valence-electron chi connectivity index (χ3n) is 3.03. The van der Waals surface area contributed by atoms with E-state index in [0.29, 0.717) is 11.4 Å². The van der Waals surface area contributed by atoms with Crippen molar-refractivity contribution >= 4 is 5.84 Å². The first-order chi connectivity index (χ1) is 9.02. The third-order valence-corrected chi connectivity index (χ3v) is 3.03. The van der Waals surface area contributed by atoms with Gasteiger partial charge in [-0.3, -0.25) is 5.41 Å². The largest absolute Gasteiger partial charge is 0.475 e. The van der Waals surface area contributed by atoms with Gasteiger partial charge in [0.15, 0.2) is 0 Å². The smallest absolute Gasteiger partial charge is 0.214 e. The summed E-state index contributed by atoms with van der Waals surface area (Å²) >= 11 is 0. The van der Waals surface area contributed by atoms with Gasteiger partial charge in [-0.25, -0.2) is 4.98 Å². The van der Waals surface area contributed by atoms with Crippen LogP contribution in [0.3, 0.4) is 0 Å². The van der Waals surface area contributed by atoms with Crippen molar-refractivity contribution in [2.45, 2.75) is 59.0 Å². The van der Waals surface area contributed by atoms with E-state index in [1.807, 2.05) is 6.92 Å². The lowest BCUT2D eigenvalue weighted by molar-refractivity contribution is 0.198. The first-order valence-electron chi connectivity index (χ1n) is 7.02. The number of nitrogens with zero attached hydrogens (tertiary/aromatic N) is 1. The molecule has 0 amide bonds. The summed E-state index contributed by atoms with van der Waals surface area (Å²) in [6, 6.07) is 3.53. The van der Waals surface area contributed by atoms with Crippen LogP contribution in [-0.4, -0.2) is 16.9 Å². The maximum atomic E-state index is 7.46. The zero-order valence-corrected chi connectivity index (χ0v) is 12.2. The van der Waals surface area contributed by atoms with Gasteiger partial charge in [0.05, 0.1) is 6.10 Å². The Bertz CT molecular complexity index is 418. The van der Waals surface area contributed by atoms with Gasteiger partial charge in [-0.2, -0.15) is 0 Å². The number of hydrogen-bond donors (Lipinski definition) is 2. The highest BCUT2D eigenvalue weighted by molar-refractivity contribution is 5.95. The fourth-order valence-corrected chi connectivity index (χ4v) is 1.98. The van der Waals surface area contributed by atoms with E-state index >= 15 is 0 Å². The van der Waals surface area contributed by atoms with Crippen molar-refractivity contribution in [3.05, 3.63) is 23.4 Å². The minimum absolute atomic E-state index is 0.0472. The van der Waals surface area contributed by atoms with E-state index in [1.165, 1.54) is 25.7 Å². The number of aryl methyl sites for hydroxylation is 1. The van der Waals surface area contributed by atoms with Crippen LogP contribution in [0.5, 0.6) is 5.88 Å². The molecular formula is C15H25N3O. The second-order valence-electron chi connectivity index (χ2n) is 5.03. The van der Waals surface area contributed by atoms with Crippen molar-refractivity contribution in [1.29, 1.82) is 5.41 Å². The van der Waals surface area contributed by atoms with E-state index in [0.717, 1.165) is 12.1 Å². The monoisotopic (exact) mass is 263 g/mol. The summed E-state index contributed by atoms with van der Waals surface area (Å²) in [5, 5.41) is 7.46. The van der Waals surface area contributed by atoms with Crippen molar-refractivity contribution < 1.29 is 4.74 Å². The number of hydrogen-bond acceptors (Lipinski definition) is 3. The Hall–Kier alpha value is -1.58. The molecule has 4 heteroatoms. The Morgan fingerprint density at radius 2 is 2.11 bits per heavy atom. The Morgan fingerprint density at radius 3 is 2.74 bits per heavy atom. The number of unbranched alkanes of at least 4 members (excludes halogenated alkanes) is 3. The quantitative estimate of drug-likeness (QED) is 0.429. The molecule has 19 heavy (non-hydrogen) atoms. The Balaban J connectivity index is 2.53. The van der Waals surface area contributed by atoms with E-state index in [-0.39, 0.29) is 11.9 Å². The van der Waals surface area contributed by atoms with E-state index in [2.05, 4.69) is 18.8 Å². The van der Waals surface area contributed by atoms with Crippen LogP contribution in [0.2, 0.25) is 0 Å². The zero-order chi connectivity index (χ0) is 14.3. The third kappa shape index (κ3) is 5.73. The van der Waals surface area contributed by atoms with Gasteiger partial charge in [-0.1, -0.05) is 26.2 Å². The topological polar surface area (TPSA) is 72.0 Å². The van der Waals surface area contributed by atoms with Crippen molar-refractivity contribution in [2.75, 3.05) is 0 Å². The lowest BCUT2D eigenvalue weighted by Gasteiger charge is -2.15. The average molecular weight is 263 g/mol. The Labute approximate surface area is 115 Å². The van der Waals surface area contributed by atoms with Crippen molar-refractivity contribution in [3.63, 3.8) is 0 Å². The molecule has 1 unspecified atom stereocenters. The summed E-state index contributed by atoms with van der Waals surface area (Å²) < 4.78 is 5.80. The second kappa shape index (κ2) is 7.77. The van der Waals surface area contributed by atoms with Crippen LogP contribution >= 0.6 is 0 Å². The summed E-state index contributed by atoms with van der Waals surface area (Å²) in [4.78, 5) is 4.33. The molecule has 0 aromatic carbocycles. The molecule has 0 aliphatic carbocycles. The van der Waals surface area contributed by atoms with Gasteiger partial charge < -0.3 is 10.5 Å². The second-order valence-corrected chi connectivity index (χ2v) is 5.03. The van der Waals surface area contributed by atoms with Gasteiger partial charge in [-0.15, -0.1) is 0 Å². The van der Waals surface area contributed by atoms with E-state index in [1.54, 1.807) is 12.1 Å². The number of aromatic nitrogens is 1. The molecule has 1 heterocycles. The number of amidine groups is 1. The fourth-order valence-electron chi connectivity index (χ4n) is 1.98. The minimum atomic E-state index is 0.0472. The number of ether oxygens (including phenoxy) is 1. The van der Waals surface area contributed by atoms with Gasteiger partial charge in [0.25, 0.3) is 0 Å². The molecule has 0 radical (unpaired) electrons. The van der Waals surface area contributed by atoms with Gasteiger partial charge in [0, 0.05) is 17.3 Å². The highest BCUT2D eigenvalue weighted by atomic mass is 16.5. The SMILES string of the molecule is CCCCCCC(C)Oc1cc(C(=N)N)cc(C)n1. The summed E-state index contributed by atoms with van der Waals surface area (Å²) in [6.07, 6.45) is 6.14. The molecule has 0 fully saturated rings. The molecule has 0 saturated carbocycles. The van der Waals surface area contributed by atoms with Crippen LogP contribution in [0.15, 0.2) is 12.1 Å². The van der Waals surface area contributed by atoms with Crippen molar-refractivity contribution in [3.8, 4) is 5.88 Å². The first-order valence-corrected chi connectivity index (χ1v) is 7.02. The molecular weight excluding hydrogens is 238 g/mol. The summed E-state index contributed by atoms with van der Waals surface area (Å²) in [5.74, 6) is 0.610. The van der Waals surface area contributed by atoms with Crippen LogP contribution in [0.25, 0.3) is 0 Å². The molecule has 0 bridgehead atoms. The van der Waals surface area contributed by atoms with Gasteiger partial charge in [-0.05, 0) is 32.8 Å². The molecule has 1 rings (SSSR count). The molecule has 0 saturated heterocycles. The zero-order valence-electron chi connectivity index (χ0n) is 12.2. The van der Waals surface area contributed by atoms with E-state index in [9.17, 15) is 0 Å². The Kier molecular flexibility index (Phi) is 6.33. The molecule has 1 atom stereocenters. The summed E-state index contributed by atoms with van der Waals surface area (Å²) in [6.45, 7) is 6.15. The van der Waals surface area contributed by atoms with Crippen molar-refractivity contribution in [2.24, 2.45) is 5.73 Å². The molecule has 1 aromatic rings. The maximum Gasteiger partial charge on any atom is 0.214 e. The normalized spacial score (nSPS) is 12.2. The number of nitrogens with two attached hydrogens (primary N) is 1. The standard InChI is InChI=1S/C15H25N3O/c1-4-5-6-7-8-12(3)19-14-10-13(15(16)17)9-11(2)18-14/h9-10,12H,4-8H2,1-3H3,(H3,16,17). The van der Waals surface area contributed by atoms with E-state index in [4.69, 9.17) is 15.9 Å². The van der Waals surface area contributed by atoms with Crippen LogP contribution in [0.1, 0.15) is 57.2 Å². The first kappa shape index (κ1) is 15.5. The Morgan fingerprint density at radius 1 is 1.37 bits per heavy atom. The van der Waals surface area contributed by atoms with E-state index < -0.39 is 0 Å². The predicted octanol–water partition coefficient (Wildman–Crippen LogP) is 3.41. The van der Waals surface area contributed by atoms with Crippen LogP contribution < -0.4 is 10.5 Å². The van der Waals surface area contributed by atoms with Crippen LogP contribution in [0.4, 0.5) is 0 Å². The molecule has 1 aromatic heterocycles. The number of nitrogens with one attached hydrogen (secondary N) is 1. The minimum Gasteiger partial charge on any atom is -0.475 e. The predicted molar refractivity (Wildman–Crippen MR) is 78.8 cm³/mol. The highest BCUT2D eigenvalue weighted by Gasteiger charge is 2.08. The molecule has 0 aliphatic rings. The highest BCUT2D eigenvalue weighted by Crippen LogP contribution is 2.16. The summed E-state index contributed by atoms with van der Waals surface area (Å²) in [7, 11) is 0. The lowest BCUT2D eigenvalue weighted by Crippen LogP contribution is -2.15. The van der Waals surface area contributed by atoms with Crippen molar-refractivity contribution in [1.82, 2.24) is 4.98 Å². The molecule has 0 spiro atoms. The molecule has 3 N–H and O–H groups in total. The summed E-state index contributed by atoms with van der Waals surface area (Å²) in [5.41, 5.74) is 6.98. The average Bonchev–Trinajstić information content (AvgIpc) is 2.34. The fraction of sp³-hybridized carbons (Fsp3) is 0.600. The molecule has 0 aliphatic heterocycles. The maximum absolute atomic E-state index is 7.46. The van der Waals surface area contributed by atoms with Crippen LogP contribution in [-0.2, 0) is 0 Å². The molecule has 4 nitrogen and oxygen atoms in total. The molecule has 106 valence electrons. The number of nitrogen functional groups attached to an aromatic ring is 1. The van der Waals surface area contributed by atoms with Gasteiger partial charge in [0.1, 0.15) is 5.84 Å². The van der Waals surface area contributed by atoms with Gasteiger partial charge in [0.2, 0.25) is 5.88 Å². The van der Waals surface area contributed by atoms with Crippen LogP contribution in [0, 0.1) is 12.3 Å². The number of rotatable bonds is 8. The number of pyridine rings is 1. The lowest BCUT2D eigenvalue weighted by atomic mass is 10.1.